The van der Waals surface area contributed by atoms with Crippen LogP contribution in [0.2, 0.25) is 0 Å². The molecule has 0 saturated heterocycles. The van der Waals surface area contributed by atoms with Gasteiger partial charge in [-0.15, -0.1) is 0 Å². The third kappa shape index (κ3) is 7.49. The summed E-state index contributed by atoms with van der Waals surface area (Å²) < 4.78 is 0. The Balaban J connectivity index is 0.000000206. The largest absolute Gasteiger partial charge is 2.00 e. The van der Waals surface area contributed by atoms with Crippen LogP contribution in [0.1, 0.15) is 0 Å². The van der Waals surface area contributed by atoms with Gasteiger partial charge in [0, 0.05) is 0 Å². The molecule has 2 rings (SSSR count). The summed E-state index contributed by atoms with van der Waals surface area (Å²) in [6.45, 7) is 0. The van der Waals surface area contributed by atoms with Gasteiger partial charge in [-0.1, -0.05) is 0 Å². The van der Waals surface area contributed by atoms with Gasteiger partial charge in [0.2, 0.25) is 0 Å². The van der Waals surface area contributed by atoms with Crippen molar-refractivity contribution in [1.29, 1.82) is 0 Å². The molecule has 0 unspecified atom stereocenters. The molecule has 0 saturated carbocycles. The van der Waals surface area contributed by atoms with Crippen LogP contribution >= 0.6 is 0 Å². The Hall–Kier alpha value is -0.872. The van der Waals surface area contributed by atoms with Crippen molar-refractivity contribution in [3.05, 3.63) is 72.8 Å². The number of hydrogen-bond acceptors (Lipinski definition) is 0. The zero-order chi connectivity index (χ0) is 8.49. The maximum absolute atomic E-state index is 2.89. The van der Waals surface area contributed by atoms with Crippen molar-refractivity contribution in [3.8, 4) is 0 Å². The van der Waals surface area contributed by atoms with E-state index in [0.717, 1.165) is 0 Å². The van der Waals surface area contributed by atoms with Crippen LogP contribution in [0.3, 0.4) is 0 Å². The van der Waals surface area contributed by atoms with E-state index in [-0.39, 0.29) is 21.1 Å². The molecule has 0 aliphatic carbocycles. The van der Waals surface area contributed by atoms with Crippen LogP contribution in [0.25, 0.3) is 0 Å². The Labute approximate surface area is 93.9 Å². The summed E-state index contributed by atoms with van der Waals surface area (Å²) in [6, 6.07) is 25.0. The van der Waals surface area contributed by atoms with Gasteiger partial charge in [0.05, 0.1) is 0 Å². The predicted molar refractivity (Wildman–Crippen MR) is 50.6 cm³/mol. The molecule has 64 valence electrons. The second-order valence-electron chi connectivity index (χ2n) is 2.15. The fraction of sp³-hybridized carbons (Fsp3) is 0. The van der Waals surface area contributed by atoms with E-state index in [0.29, 0.717) is 0 Å². The Morgan fingerprint density at radius 3 is 0.846 bits per heavy atom. The normalized spacial score (nSPS) is 7.38. The van der Waals surface area contributed by atoms with Gasteiger partial charge in [-0.3, -0.25) is 0 Å². The maximum Gasteiger partial charge on any atom is 2.00 e. The average molecular weight is 250 g/mol. The number of hydrogen-bond donors (Lipinski definition) is 0. The van der Waals surface area contributed by atoms with Gasteiger partial charge in [0.1, 0.15) is 0 Å². The molecular formula is C12H10Mo. The monoisotopic (exact) mass is 252 g/mol. The molecule has 0 spiro atoms. The summed E-state index contributed by atoms with van der Waals surface area (Å²) in [5.41, 5.74) is 0. The van der Waals surface area contributed by atoms with E-state index in [1.807, 2.05) is 60.7 Å². The van der Waals surface area contributed by atoms with Crippen LogP contribution in [0.15, 0.2) is 60.7 Å². The van der Waals surface area contributed by atoms with Crippen molar-refractivity contribution in [2.75, 3.05) is 0 Å². The molecule has 2 aromatic rings. The average Bonchev–Trinajstić information content (AvgIpc) is 2.24. The topological polar surface area (TPSA) is 0 Å². The van der Waals surface area contributed by atoms with Crippen molar-refractivity contribution < 1.29 is 21.1 Å². The second kappa shape index (κ2) is 9.22. The number of rotatable bonds is 0. The van der Waals surface area contributed by atoms with Gasteiger partial charge >= 0.3 is 21.1 Å². The van der Waals surface area contributed by atoms with Gasteiger partial charge in [-0.25, -0.2) is 0 Å². The van der Waals surface area contributed by atoms with Crippen molar-refractivity contribution in [2.24, 2.45) is 0 Å². The SMILES string of the molecule is [Mo+2].[c-]1ccccc1.[c-]1ccccc1. The van der Waals surface area contributed by atoms with E-state index in [9.17, 15) is 0 Å². The van der Waals surface area contributed by atoms with E-state index in [1.165, 1.54) is 0 Å². The van der Waals surface area contributed by atoms with Crippen LogP contribution in [-0.2, 0) is 21.1 Å². The van der Waals surface area contributed by atoms with Crippen LogP contribution in [0.5, 0.6) is 0 Å². The first-order valence-corrected chi connectivity index (χ1v) is 3.82. The van der Waals surface area contributed by atoms with Crippen molar-refractivity contribution in [1.82, 2.24) is 0 Å². The second-order valence-corrected chi connectivity index (χ2v) is 2.15. The molecule has 1 heteroatoms. The molecule has 0 bridgehead atoms. The van der Waals surface area contributed by atoms with Crippen LogP contribution in [0, 0.1) is 12.1 Å². The van der Waals surface area contributed by atoms with E-state index in [4.69, 9.17) is 0 Å². The van der Waals surface area contributed by atoms with Crippen LogP contribution in [0.4, 0.5) is 0 Å². The first-order valence-electron chi connectivity index (χ1n) is 3.82. The van der Waals surface area contributed by atoms with Crippen LogP contribution in [-0.4, -0.2) is 0 Å². The minimum absolute atomic E-state index is 0. The minimum Gasteiger partial charge on any atom is -0.184 e. The quantitative estimate of drug-likeness (QED) is 0.498. The fourth-order valence-corrected chi connectivity index (χ4v) is 0.684. The first-order chi connectivity index (χ1) is 6.00. The zero-order valence-corrected chi connectivity index (χ0v) is 9.19. The summed E-state index contributed by atoms with van der Waals surface area (Å²) in [4.78, 5) is 0. The Morgan fingerprint density at radius 1 is 0.462 bits per heavy atom. The first kappa shape index (κ1) is 12.1. The molecule has 13 heavy (non-hydrogen) atoms. The van der Waals surface area contributed by atoms with Crippen molar-refractivity contribution in [2.45, 2.75) is 0 Å². The zero-order valence-electron chi connectivity index (χ0n) is 7.18. The summed E-state index contributed by atoms with van der Waals surface area (Å²) in [7, 11) is 0. The molecule has 0 amide bonds. The van der Waals surface area contributed by atoms with Gasteiger partial charge in [-0.05, 0) is 0 Å². The Bertz CT molecular complexity index is 181. The fourth-order valence-electron chi connectivity index (χ4n) is 0.684. The van der Waals surface area contributed by atoms with E-state index < -0.39 is 0 Å². The summed E-state index contributed by atoms with van der Waals surface area (Å²) >= 11 is 0. The minimum atomic E-state index is 0. The Morgan fingerprint density at radius 2 is 0.769 bits per heavy atom. The third-order valence-electron chi connectivity index (χ3n) is 1.21. The third-order valence-corrected chi connectivity index (χ3v) is 1.21. The summed E-state index contributed by atoms with van der Waals surface area (Å²) in [5.74, 6) is 0. The molecule has 0 aliphatic rings. The van der Waals surface area contributed by atoms with Gasteiger partial charge in [0.15, 0.2) is 0 Å². The maximum atomic E-state index is 2.89. The molecule has 0 N–H and O–H groups in total. The van der Waals surface area contributed by atoms with E-state index in [2.05, 4.69) is 12.1 Å². The Kier molecular flexibility index (Phi) is 8.60. The molecular weight excluding hydrogens is 240 g/mol. The van der Waals surface area contributed by atoms with Crippen molar-refractivity contribution >= 4 is 0 Å². The number of benzene rings is 2. The molecule has 0 radical (unpaired) electrons. The van der Waals surface area contributed by atoms with E-state index in [1.54, 1.807) is 0 Å². The molecule has 0 aliphatic heterocycles. The standard InChI is InChI=1S/2C6H5.Mo/c2*1-2-4-6-5-3-1;/h2*1-5H;/q2*-1;+2. The van der Waals surface area contributed by atoms with Gasteiger partial charge in [0.25, 0.3) is 0 Å². The molecule has 0 aromatic heterocycles. The molecule has 0 atom stereocenters. The molecule has 2 aromatic carbocycles. The summed E-state index contributed by atoms with van der Waals surface area (Å²) in [6.07, 6.45) is 0. The predicted octanol–water partition coefficient (Wildman–Crippen LogP) is 2.97. The van der Waals surface area contributed by atoms with E-state index >= 15 is 0 Å². The molecule has 0 heterocycles. The summed E-state index contributed by atoms with van der Waals surface area (Å²) in [5, 5.41) is 0. The smallest absolute Gasteiger partial charge is 0.184 e. The molecule has 0 fully saturated rings. The van der Waals surface area contributed by atoms with Crippen molar-refractivity contribution in [3.63, 3.8) is 0 Å². The van der Waals surface area contributed by atoms with Crippen LogP contribution < -0.4 is 0 Å². The molecule has 0 nitrogen and oxygen atoms in total. The van der Waals surface area contributed by atoms with Gasteiger partial charge < -0.3 is 0 Å². The van der Waals surface area contributed by atoms with Gasteiger partial charge in [-0.2, -0.15) is 72.8 Å².